The summed E-state index contributed by atoms with van der Waals surface area (Å²) in [6.07, 6.45) is 5.01. The van der Waals surface area contributed by atoms with Gasteiger partial charge in [0, 0.05) is 23.1 Å². The van der Waals surface area contributed by atoms with Crippen LogP contribution in [0.2, 0.25) is 5.02 Å². The molecule has 33 heavy (non-hydrogen) atoms. The average molecular weight is 490 g/mol. The van der Waals surface area contributed by atoms with Gasteiger partial charge in [0.1, 0.15) is 0 Å². The standard InChI is InChI=1S/C23H24ClN3O5S/c24-18-8-4-1-5-15(18)13-26-11-12-33-23(26)25-19(28)14-32-20(29)9-10-27-21(30)16-6-2-3-7-17(16)22(27)31/h1,4-5,8,11-12,16-17H,2-3,6-7,9-10,13-14H2. The van der Waals surface area contributed by atoms with E-state index in [0.717, 1.165) is 31.2 Å². The van der Waals surface area contributed by atoms with Crippen LogP contribution < -0.4 is 4.80 Å². The summed E-state index contributed by atoms with van der Waals surface area (Å²) in [6, 6.07) is 7.41. The van der Waals surface area contributed by atoms with Crippen molar-refractivity contribution in [2.45, 2.75) is 38.6 Å². The molecule has 8 nitrogen and oxygen atoms in total. The number of esters is 1. The Morgan fingerprint density at radius 1 is 1.12 bits per heavy atom. The van der Waals surface area contributed by atoms with Gasteiger partial charge in [-0.25, -0.2) is 0 Å². The third-order valence-electron chi connectivity index (χ3n) is 6.01. The van der Waals surface area contributed by atoms with Gasteiger partial charge in [-0.1, -0.05) is 42.6 Å². The van der Waals surface area contributed by atoms with Crippen LogP contribution in [0.15, 0.2) is 40.8 Å². The maximum atomic E-state index is 12.5. The van der Waals surface area contributed by atoms with Crippen LogP contribution in [0.25, 0.3) is 0 Å². The summed E-state index contributed by atoms with van der Waals surface area (Å²) in [4.78, 5) is 54.9. The van der Waals surface area contributed by atoms with Crippen LogP contribution in [0.4, 0.5) is 0 Å². The number of hydrogen-bond acceptors (Lipinski definition) is 6. The van der Waals surface area contributed by atoms with Crippen molar-refractivity contribution in [1.29, 1.82) is 0 Å². The van der Waals surface area contributed by atoms with Crippen molar-refractivity contribution in [2.24, 2.45) is 16.8 Å². The second-order valence-corrected chi connectivity index (χ2v) is 9.43. The van der Waals surface area contributed by atoms with Crippen LogP contribution in [-0.2, 0) is 30.5 Å². The summed E-state index contributed by atoms with van der Waals surface area (Å²) in [5, 5.41) is 2.42. The molecule has 0 bridgehead atoms. The largest absolute Gasteiger partial charge is 0.455 e. The Morgan fingerprint density at radius 2 is 1.82 bits per heavy atom. The summed E-state index contributed by atoms with van der Waals surface area (Å²) in [6.45, 7) is -0.0669. The zero-order chi connectivity index (χ0) is 23.4. The van der Waals surface area contributed by atoms with Crippen LogP contribution in [-0.4, -0.2) is 46.3 Å². The molecule has 2 unspecified atom stereocenters. The summed E-state index contributed by atoms with van der Waals surface area (Å²) in [7, 11) is 0. The van der Waals surface area contributed by atoms with Gasteiger partial charge in [-0.15, -0.1) is 11.3 Å². The first kappa shape index (κ1) is 23.4. The minimum atomic E-state index is -0.649. The number of likely N-dealkylation sites (tertiary alicyclic amines) is 1. The molecule has 1 saturated heterocycles. The highest BCUT2D eigenvalue weighted by molar-refractivity contribution is 7.07. The quantitative estimate of drug-likeness (QED) is 0.440. The first-order valence-corrected chi connectivity index (χ1v) is 12.2. The fourth-order valence-electron chi connectivity index (χ4n) is 4.33. The van der Waals surface area contributed by atoms with Crippen LogP contribution >= 0.6 is 22.9 Å². The minimum Gasteiger partial charge on any atom is -0.455 e. The Bertz CT molecular complexity index is 1120. The Morgan fingerprint density at radius 3 is 2.52 bits per heavy atom. The molecule has 2 atom stereocenters. The normalized spacial score (nSPS) is 20.8. The van der Waals surface area contributed by atoms with E-state index in [1.54, 1.807) is 22.2 Å². The van der Waals surface area contributed by atoms with Gasteiger partial charge in [-0.2, -0.15) is 4.99 Å². The van der Waals surface area contributed by atoms with Crippen molar-refractivity contribution in [3.05, 3.63) is 51.2 Å². The van der Waals surface area contributed by atoms with E-state index in [9.17, 15) is 19.2 Å². The summed E-state index contributed by atoms with van der Waals surface area (Å²) < 4.78 is 6.81. The Labute approximate surface area is 199 Å². The van der Waals surface area contributed by atoms with Gasteiger partial charge >= 0.3 is 5.97 Å². The van der Waals surface area contributed by atoms with Gasteiger partial charge in [-0.05, 0) is 24.5 Å². The third kappa shape index (κ3) is 5.42. The predicted octanol–water partition coefficient (Wildman–Crippen LogP) is 2.79. The number of nitrogens with zero attached hydrogens (tertiary/aromatic N) is 3. The molecule has 0 N–H and O–H groups in total. The molecule has 3 amide bonds. The monoisotopic (exact) mass is 489 g/mol. The van der Waals surface area contributed by atoms with Gasteiger partial charge in [0.15, 0.2) is 11.4 Å². The SMILES string of the molecule is O=C(COC(=O)CCN1C(=O)C2CCCCC2C1=O)N=c1sccn1Cc1ccccc1Cl. The molecule has 2 fully saturated rings. The molecular weight excluding hydrogens is 466 g/mol. The number of amides is 3. The predicted molar refractivity (Wildman–Crippen MR) is 121 cm³/mol. The number of rotatable bonds is 7. The lowest BCUT2D eigenvalue weighted by molar-refractivity contribution is -0.149. The van der Waals surface area contributed by atoms with Crippen LogP contribution in [0, 0.1) is 11.8 Å². The molecule has 1 aliphatic carbocycles. The number of halogens is 1. The van der Waals surface area contributed by atoms with Crippen molar-refractivity contribution < 1.29 is 23.9 Å². The molecule has 1 aromatic heterocycles. The molecule has 1 saturated carbocycles. The lowest BCUT2D eigenvalue weighted by Gasteiger charge is -2.19. The molecular formula is C23H24ClN3O5S. The maximum absolute atomic E-state index is 12.5. The summed E-state index contributed by atoms with van der Waals surface area (Å²) >= 11 is 7.49. The number of fused-ring (bicyclic) bond motifs is 1. The number of imide groups is 1. The van der Waals surface area contributed by atoms with Gasteiger partial charge in [0.05, 0.1) is 24.8 Å². The van der Waals surface area contributed by atoms with Crippen LogP contribution in [0.1, 0.15) is 37.7 Å². The Balaban J connectivity index is 1.28. The first-order valence-electron chi connectivity index (χ1n) is 10.9. The first-order chi connectivity index (χ1) is 15.9. The fourth-order valence-corrected chi connectivity index (χ4v) is 5.27. The highest BCUT2D eigenvalue weighted by Gasteiger charge is 2.47. The lowest BCUT2D eigenvalue weighted by atomic mass is 9.81. The maximum Gasteiger partial charge on any atom is 0.308 e. The number of ether oxygens (including phenoxy) is 1. The fraction of sp³-hybridized carbons (Fsp3) is 0.435. The summed E-state index contributed by atoms with van der Waals surface area (Å²) in [5.74, 6) is -2.12. The molecule has 2 aromatic rings. The smallest absolute Gasteiger partial charge is 0.308 e. The third-order valence-corrected chi connectivity index (χ3v) is 7.17. The van der Waals surface area contributed by atoms with Crippen molar-refractivity contribution in [2.75, 3.05) is 13.2 Å². The van der Waals surface area contributed by atoms with E-state index < -0.39 is 18.5 Å². The number of carbonyl (C=O) groups is 4. The Hall–Kier alpha value is -2.78. The van der Waals surface area contributed by atoms with E-state index >= 15 is 0 Å². The van der Waals surface area contributed by atoms with E-state index in [1.807, 2.05) is 18.2 Å². The zero-order valence-corrected chi connectivity index (χ0v) is 19.5. The molecule has 2 heterocycles. The number of thiazole rings is 1. The number of benzene rings is 1. The molecule has 4 rings (SSSR count). The van der Waals surface area contributed by atoms with E-state index in [4.69, 9.17) is 16.3 Å². The van der Waals surface area contributed by atoms with Gasteiger partial charge in [0.25, 0.3) is 5.91 Å². The van der Waals surface area contributed by atoms with E-state index in [2.05, 4.69) is 4.99 Å². The topological polar surface area (TPSA) is 98.0 Å². The number of carbonyl (C=O) groups excluding carboxylic acids is 4. The molecule has 1 aromatic carbocycles. The van der Waals surface area contributed by atoms with Gasteiger partial charge < -0.3 is 9.30 Å². The summed E-state index contributed by atoms with van der Waals surface area (Å²) in [5.41, 5.74) is 0.892. The Kier molecular flexibility index (Phi) is 7.39. The average Bonchev–Trinajstić information content (AvgIpc) is 3.34. The highest BCUT2D eigenvalue weighted by Crippen LogP contribution is 2.37. The molecule has 0 spiro atoms. The second-order valence-electron chi connectivity index (χ2n) is 8.15. The molecule has 0 radical (unpaired) electrons. The molecule has 10 heteroatoms. The highest BCUT2D eigenvalue weighted by atomic mass is 35.5. The van der Waals surface area contributed by atoms with E-state index in [0.29, 0.717) is 16.4 Å². The second kappa shape index (κ2) is 10.4. The van der Waals surface area contributed by atoms with Crippen molar-refractivity contribution in [1.82, 2.24) is 9.47 Å². The zero-order valence-electron chi connectivity index (χ0n) is 17.9. The van der Waals surface area contributed by atoms with Crippen molar-refractivity contribution >= 4 is 46.6 Å². The van der Waals surface area contributed by atoms with E-state index in [1.165, 1.54) is 16.2 Å². The van der Waals surface area contributed by atoms with Crippen LogP contribution in [0.3, 0.4) is 0 Å². The molecule has 1 aliphatic heterocycles. The number of hydrogen-bond donors (Lipinski definition) is 0. The van der Waals surface area contributed by atoms with Crippen molar-refractivity contribution in [3.8, 4) is 0 Å². The molecule has 174 valence electrons. The van der Waals surface area contributed by atoms with Gasteiger partial charge in [0.2, 0.25) is 11.8 Å². The minimum absolute atomic E-state index is 0.0163. The van der Waals surface area contributed by atoms with E-state index in [-0.39, 0.29) is 36.6 Å². The number of aromatic nitrogens is 1. The molecule has 2 aliphatic rings. The van der Waals surface area contributed by atoms with Crippen LogP contribution in [0.5, 0.6) is 0 Å². The lowest BCUT2D eigenvalue weighted by Crippen LogP contribution is -2.33. The van der Waals surface area contributed by atoms with Crippen molar-refractivity contribution in [3.63, 3.8) is 0 Å². The van der Waals surface area contributed by atoms with Gasteiger partial charge in [-0.3, -0.25) is 24.1 Å².